The second kappa shape index (κ2) is 8.01. The predicted molar refractivity (Wildman–Crippen MR) is 113 cm³/mol. The predicted octanol–water partition coefficient (Wildman–Crippen LogP) is 4.89. The third kappa shape index (κ3) is 3.76. The number of aryl methyl sites for hydroxylation is 1. The maximum atomic E-state index is 12.7. The molecule has 4 nitrogen and oxygen atoms in total. The van der Waals surface area contributed by atoms with Crippen molar-refractivity contribution >= 4 is 22.5 Å². The highest BCUT2D eigenvalue weighted by Gasteiger charge is 2.14. The molecule has 0 aliphatic carbocycles. The first-order chi connectivity index (χ1) is 13.7. The number of anilines is 1. The molecule has 0 aliphatic rings. The zero-order valence-electron chi connectivity index (χ0n) is 15.7. The van der Waals surface area contributed by atoms with Crippen LogP contribution in [0.5, 0.6) is 0 Å². The Labute approximate surface area is 164 Å². The fourth-order valence-electron chi connectivity index (χ4n) is 3.24. The van der Waals surface area contributed by atoms with Crippen LogP contribution in [0.3, 0.4) is 0 Å². The summed E-state index contributed by atoms with van der Waals surface area (Å²) in [5.41, 5.74) is 3.67. The minimum Gasteiger partial charge on any atom is -0.315 e. The Morgan fingerprint density at radius 2 is 1.46 bits per heavy atom. The summed E-state index contributed by atoms with van der Waals surface area (Å²) in [5.74, 6) is 0.758. The fourth-order valence-corrected chi connectivity index (χ4v) is 3.24. The molecule has 4 aromatic rings. The summed E-state index contributed by atoms with van der Waals surface area (Å²) in [6.07, 6.45) is 0.958. The first-order valence-corrected chi connectivity index (χ1v) is 9.35. The molecule has 0 N–H and O–H groups in total. The topological polar surface area (TPSA) is 46.1 Å². The normalized spacial score (nSPS) is 10.8. The second-order valence-corrected chi connectivity index (χ2v) is 6.67. The van der Waals surface area contributed by atoms with E-state index in [-0.39, 0.29) is 5.91 Å². The monoisotopic (exact) mass is 367 g/mol. The molecule has 1 amide bonds. The van der Waals surface area contributed by atoms with E-state index in [9.17, 15) is 4.79 Å². The Bertz CT molecular complexity index is 1090. The quantitative estimate of drug-likeness (QED) is 0.504. The lowest BCUT2D eigenvalue weighted by Gasteiger charge is -2.17. The van der Waals surface area contributed by atoms with E-state index >= 15 is 0 Å². The van der Waals surface area contributed by atoms with Gasteiger partial charge in [0, 0.05) is 30.1 Å². The molecule has 28 heavy (non-hydrogen) atoms. The maximum absolute atomic E-state index is 12.7. The Balaban J connectivity index is 1.62. The van der Waals surface area contributed by atoms with Crippen LogP contribution in [0, 0.1) is 0 Å². The van der Waals surface area contributed by atoms with Gasteiger partial charge in [0.05, 0.1) is 11.2 Å². The smallest absolute Gasteiger partial charge is 0.227 e. The Kier molecular flexibility index (Phi) is 5.11. The largest absolute Gasteiger partial charge is 0.315 e. The average molecular weight is 367 g/mol. The highest BCUT2D eigenvalue weighted by molar-refractivity contribution is 5.93. The number of hydrogen-bond acceptors (Lipinski definition) is 3. The van der Waals surface area contributed by atoms with Crippen molar-refractivity contribution in [3.63, 3.8) is 0 Å². The first-order valence-electron chi connectivity index (χ1n) is 9.35. The Hall–Kier alpha value is -3.53. The lowest BCUT2D eigenvalue weighted by Crippen LogP contribution is -2.26. The third-order valence-corrected chi connectivity index (χ3v) is 4.81. The molecule has 1 aromatic heterocycles. The van der Waals surface area contributed by atoms with Crippen LogP contribution in [0.2, 0.25) is 0 Å². The Morgan fingerprint density at radius 3 is 2.21 bits per heavy atom. The zero-order valence-corrected chi connectivity index (χ0v) is 15.7. The lowest BCUT2D eigenvalue weighted by atomic mass is 10.1. The summed E-state index contributed by atoms with van der Waals surface area (Å²) in [7, 11) is 1.81. The van der Waals surface area contributed by atoms with E-state index in [0.29, 0.717) is 18.7 Å². The van der Waals surface area contributed by atoms with Gasteiger partial charge in [-0.2, -0.15) is 0 Å². The first kappa shape index (κ1) is 17.9. The van der Waals surface area contributed by atoms with Gasteiger partial charge in [0.25, 0.3) is 0 Å². The standard InChI is InChI=1S/C24H21N3O/c1-27(19-12-6-3-7-13-19)23(28)17-16-22-20-14-8-9-15-21(20)25-24(26-22)18-10-4-2-5-11-18/h2-15H,16-17H2,1H3. The van der Waals surface area contributed by atoms with Gasteiger partial charge in [-0.25, -0.2) is 9.97 Å². The van der Waals surface area contributed by atoms with Gasteiger partial charge < -0.3 is 4.90 Å². The molecule has 4 rings (SSSR count). The number of amides is 1. The van der Waals surface area contributed by atoms with Crippen LogP contribution in [0.15, 0.2) is 84.9 Å². The van der Waals surface area contributed by atoms with Gasteiger partial charge in [-0.15, -0.1) is 0 Å². The SMILES string of the molecule is CN(C(=O)CCc1nc(-c2ccccc2)nc2ccccc12)c1ccccc1. The molecule has 0 atom stereocenters. The van der Waals surface area contributed by atoms with Gasteiger partial charge in [-0.3, -0.25) is 4.79 Å². The number of fused-ring (bicyclic) bond motifs is 1. The molecule has 0 saturated carbocycles. The highest BCUT2D eigenvalue weighted by Crippen LogP contribution is 2.23. The van der Waals surface area contributed by atoms with E-state index in [2.05, 4.69) is 0 Å². The molecule has 4 heteroatoms. The van der Waals surface area contributed by atoms with E-state index in [1.165, 1.54) is 0 Å². The average Bonchev–Trinajstić information content (AvgIpc) is 2.77. The fraction of sp³-hybridized carbons (Fsp3) is 0.125. The number of para-hydroxylation sites is 2. The third-order valence-electron chi connectivity index (χ3n) is 4.81. The van der Waals surface area contributed by atoms with Gasteiger partial charge in [-0.05, 0) is 24.6 Å². The number of carbonyl (C=O) groups excluding carboxylic acids is 1. The van der Waals surface area contributed by atoms with Crippen molar-refractivity contribution in [2.45, 2.75) is 12.8 Å². The molecule has 0 aliphatic heterocycles. The summed E-state index contributed by atoms with van der Waals surface area (Å²) in [4.78, 5) is 23.9. The highest BCUT2D eigenvalue weighted by atomic mass is 16.2. The zero-order chi connectivity index (χ0) is 19.3. The lowest BCUT2D eigenvalue weighted by molar-refractivity contribution is -0.118. The van der Waals surface area contributed by atoms with E-state index in [4.69, 9.17) is 9.97 Å². The van der Waals surface area contributed by atoms with Gasteiger partial charge in [-0.1, -0.05) is 66.7 Å². The van der Waals surface area contributed by atoms with E-state index in [1.54, 1.807) is 4.90 Å². The number of hydrogen-bond donors (Lipinski definition) is 0. The summed E-state index contributed by atoms with van der Waals surface area (Å²) in [6.45, 7) is 0. The van der Waals surface area contributed by atoms with Crippen molar-refractivity contribution in [3.8, 4) is 11.4 Å². The Morgan fingerprint density at radius 1 is 0.821 bits per heavy atom. The maximum Gasteiger partial charge on any atom is 0.227 e. The molecule has 0 bridgehead atoms. The molecule has 3 aromatic carbocycles. The van der Waals surface area contributed by atoms with Crippen molar-refractivity contribution in [2.75, 3.05) is 11.9 Å². The summed E-state index contributed by atoms with van der Waals surface area (Å²) in [6, 6.07) is 27.6. The van der Waals surface area contributed by atoms with Crippen LogP contribution >= 0.6 is 0 Å². The van der Waals surface area contributed by atoms with Gasteiger partial charge in [0.1, 0.15) is 0 Å². The van der Waals surface area contributed by atoms with Gasteiger partial charge in [0.15, 0.2) is 5.82 Å². The van der Waals surface area contributed by atoms with Crippen LogP contribution in [-0.2, 0) is 11.2 Å². The number of rotatable bonds is 5. The molecular weight excluding hydrogens is 346 g/mol. The van der Waals surface area contributed by atoms with Crippen LogP contribution in [-0.4, -0.2) is 22.9 Å². The van der Waals surface area contributed by atoms with Crippen molar-refractivity contribution in [1.82, 2.24) is 9.97 Å². The molecule has 0 spiro atoms. The summed E-state index contributed by atoms with van der Waals surface area (Å²) < 4.78 is 0. The van der Waals surface area contributed by atoms with Gasteiger partial charge >= 0.3 is 0 Å². The van der Waals surface area contributed by atoms with E-state index < -0.39 is 0 Å². The molecule has 0 saturated heterocycles. The number of aromatic nitrogens is 2. The number of carbonyl (C=O) groups is 1. The molecule has 0 unspecified atom stereocenters. The van der Waals surface area contributed by atoms with Crippen molar-refractivity contribution in [2.24, 2.45) is 0 Å². The minimum absolute atomic E-state index is 0.0650. The van der Waals surface area contributed by atoms with Crippen LogP contribution in [0.25, 0.3) is 22.3 Å². The minimum atomic E-state index is 0.0650. The van der Waals surface area contributed by atoms with Crippen LogP contribution in [0.1, 0.15) is 12.1 Å². The second-order valence-electron chi connectivity index (χ2n) is 6.67. The molecule has 0 fully saturated rings. The molecule has 0 radical (unpaired) electrons. The molecular formula is C24H21N3O. The molecule has 1 heterocycles. The van der Waals surface area contributed by atoms with Crippen molar-refractivity contribution < 1.29 is 4.79 Å². The van der Waals surface area contributed by atoms with E-state index in [1.807, 2.05) is 92.0 Å². The van der Waals surface area contributed by atoms with Crippen molar-refractivity contribution in [3.05, 3.63) is 90.6 Å². The van der Waals surface area contributed by atoms with Gasteiger partial charge in [0.2, 0.25) is 5.91 Å². The summed E-state index contributed by atoms with van der Waals surface area (Å²) in [5, 5.41) is 0.998. The van der Waals surface area contributed by atoms with Crippen molar-refractivity contribution in [1.29, 1.82) is 0 Å². The van der Waals surface area contributed by atoms with Crippen LogP contribution < -0.4 is 4.90 Å². The number of nitrogens with zero attached hydrogens (tertiary/aromatic N) is 3. The molecule has 138 valence electrons. The number of benzene rings is 3. The van der Waals surface area contributed by atoms with E-state index in [0.717, 1.165) is 27.8 Å². The van der Waals surface area contributed by atoms with Crippen LogP contribution in [0.4, 0.5) is 5.69 Å². The summed E-state index contributed by atoms with van der Waals surface area (Å²) >= 11 is 0.